The summed E-state index contributed by atoms with van der Waals surface area (Å²) in [4.78, 5) is 3.82. The highest BCUT2D eigenvalue weighted by molar-refractivity contribution is 5.42. The van der Waals surface area contributed by atoms with Crippen molar-refractivity contribution in [3.8, 4) is 17.4 Å². The first-order valence-electron chi connectivity index (χ1n) is 5.19. The van der Waals surface area contributed by atoms with Gasteiger partial charge >= 0.3 is 6.36 Å². The van der Waals surface area contributed by atoms with Crippen LogP contribution in [0.3, 0.4) is 0 Å². The van der Waals surface area contributed by atoms with Gasteiger partial charge in [-0.2, -0.15) is 4.98 Å². The maximum atomic E-state index is 12.2. The molecule has 0 saturated heterocycles. The molecular weight excluding hydrogens is 261 g/mol. The average Bonchev–Trinajstić information content (AvgIpc) is 2.30. The number of alkyl halides is 3. The molecule has 0 aliphatic heterocycles. The quantitative estimate of drug-likeness (QED) is 0.929. The maximum absolute atomic E-state index is 12.2. The summed E-state index contributed by atoms with van der Waals surface area (Å²) in [5.41, 5.74) is 5.45. The third-order valence-electron chi connectivity index (χ3n) is 2.03. The van der Waals surface area contributed by atoms with Gasteiger partial charge in [-0.05, 0) is 18.2 Å². The summed E-state index contributed by atoms with van der Waals surface area (Å²) in [7, 11) is 0. The number of para-hydroxylation sites is 2. The fourth-order valence-corrected chi connectivity index (χ4v) is 1.34. The lowest BCUT2D eigenvalue weighted by Crippen LogP contribution is -2.17. The molecule has 2 rings (SSSR count). The summed E-state index contributed by atoms with van der Waals surface area (Å²) in [5.74, 6) is -0.262. The number of anilines is 1. The lowest BCUT2D eigenvalue weighted by molar-refractivity contribution is -0.275. The van der Waals surface area contributed by atoms with Crippen molar-refractivity contribution in [1.82, 2.24) is 4.98 Å². The standard InChI is InChI=1S/C12H9F3N2O2/c13-12(14,15)19-9-5-2-1-4-8(9)18-11-7-3-6-10(16)17-11/h1-7H,(H2,16,17). The van der Waals surface area contributed by atoms with E-state index >= 15 is 0 Å². The predicted molar refractivity (Wildman–Crippen MR) is 61.8 cm³/mol. The number of ether oxygens (including phenoxy) is 2. The summed E-state index contributed by atoms with van der Waals surface area (Å²) in [5, 5.41) is 0. The Morgan fingerprint density at radius 1 is 0.947 bits per heavy atom. The van der Waals surface area contributed by atoms with Gasteiger partial charge in [-0.1, -0.05) is 18.2 Å². The number of hydrogen-bond donors (Lipinski definition) is 1. The monoisotopic (exact) mass is 270 g/mol. The van der Waals surface area contributed by atoms with Crippen LogP contribution in [0.15, 0.2) is 42.5 Å². The van der Waals surface area contributed by atoms with Gasteiger partial charge in [0.2, 0.25) is 5.88 Å². The number of nitrogens with zero attached hydrogens (tertiary/aromatic N) is 1. The zero-order valence-electron chi connectivity index (χ0n) is 9.52. The van der Waals surface area contributed by atoms with Crippen LogP contribution in [-0.2, 0) is 0 Å². The van der Waals surface area contributed by atoms with Gasteiger partial charge in [0, 0.05) is 6.07 Å². The van der Waals surface area contributed by atoms with Gasteiger partial charge in [-0.3, -0.25) is 0 Å². The Balaban J connectivity index is 2.25. The van der Waals surface area contributed by atoms with E-state index in [-0.39, 0.29) is 17.4 Å². The van der Waals surface area contributed by atoms with E-state index < -0.39 is 12.1 Å². The van der Waals surface area contributed by atoms with Gasteiger partial charge in [0.1, 0.15) is 5.82 Å². The van der Waals surface area contributed by atoms with Crippen molar-refractivity contribution < 1.29 is 22.6 Å². The van der Waals surface area contributed by atoms with Crippen molar-refractivity contribution in [2.24, 2.45) is 0 Å². The lowest BCUT2D eigenvalue weighted by Gasteiger charge is -2.13. The molecule has 0 amide bonds. The highest BCUT2D eigenvalue weighted by Crippen LogP contribution is 2.34. The normalized spacial score (nSPS) is 11.1. The first-order chi connectivity index (χ1) is 8.94. The molecule has 0 atom stereocenters. The molecule has 2 N–H and O–H groups in total. The Morgan fingerprint density at radius 3 is 2.26 bits per heavy atom. The van der Waals surface area contributed by atoms with Crippen molar-refractivity contribution in [2.75, 3.05) is 5.73 Å². The Labute approximate surface area is 106 Å². The van der Waals surface area contributed by atoms with E-state index in [1.165, 1.54) is 30.3 Å². The van der Waals surface area contributed by atoms with Crippen molar-refractivity contribution in [3.63, 3.8) is 0 Å². The third-order valence-corrected chi connectivity index (χ3v) is 2.03. The lowest BCUT2D eigenvalue weighted by atomic mass is 10.3. The molecule has 0 aliphatic carbocycles. The fraction of sp³-hybridized carbons (Fsp3) is 0.0833. The second-order valence-corrected chi connectivity index (χ2v) is 3.50. The highest BCUT2D eigenvalue weighted by Gasteiger charge is 2.32. The van der Waals surface area contributed by atoms with Gasteiger partial charge in [-0.25, -0.2) is 0 Å². The van der Waals surface area contributed by atoms with E-state index in [0.29, 0.717) is 0 Å². The highest BCUT2D eigenvalue weighted by atomic mass is 19.4. The van der Waals surface area contributed by atoms with Gasteiger partial charge in [0.25, 0.3) is 0 Å². The number of rotatable bonds is 3. The first kappa shape index (κ1) is 13.0. The molecule has 0 aliphatic rings. The number of nitrogen functional groups attached to an aromatic ring is 1. The van der Waals surface area contributed by atoms with Crippen molar-refractivity contribution in [2.45, 2.75) is 6.36 Å². The number of halogens is 3. The summed E-state index contributed by atoms with van der Waals surface area (Å²) in [6, 6.07) is 9.99. The minimum absolute atomic E-state index is 0.0817. The molecular formula is C12H9F3N2O2. The zero-order valence-corrected chi connectivity index (χ0v) is 9.52. The van der Waals surface area contributed by atoms with E-state index in [0.717, 1.165) is 6.07 Å². The average molecular weight is 270 g/mol. The molecule has 0 bridgehead atoms. The van der Waals surface area contributed by atoms with Gasteiger partial charge in [-0.15, -0.1) is 13.2 Å². The second kappa shape index (κ2) is 5.05. The molecule has 19 heavy (non-hydrogen) atoms. The number of aromatic nitrogens is 1. The first-order valence-corrected chi connectivity index (χ1v) is 5.19. The Morgan fingerprint density at radius 2 is 1.63 bits per heavy atom. The van der Waals surface area contributed by atoms with Crippen molar-refractivity contribution in [3.05, 3.63) is 42.5 Å². The molecule has 2 aromatic rings. The van der Waals surface area contributed by atoms with Crippen LogP contribution in [0.5, 0.6) is 17.4 Å². The largest absolute Gasteiger partial charge is 0.573 e. The molecule has 1 aromatic carbocycles. The zero-order chi connectivity index (χ0) is 13.9. The molecule has 4 nitrogen and oxygen atoms in total. The fourth-order valence-electron chi connectivity index (χ4n) is 1.34. The number of nitrogens with two attached hydrogens (primary N) is 1. The van der Waals surface area contributed by atoms with E-state index in [9.17, 15) is 13.2 Å². The SMILES string of the molecule is Nc1cccc(Oc2ccccc2OC(F)(F)F)n1. The Hall–Kier alpha value is -2.44. The van der Waals surface area contributed by atoms with Gasteiger partial charge in [0.05, 0.1) is 0 Å². The molecule has 100 valence electrons. The Bertz CT molecular complexity index is 573. The molecule has 1 aromatic heterocycles. The van der Waals surface area contributed by atoms with Crippen LogP contribution >= 0.6 is 0 Å². The maximum Gasteiger partial charge on any atom is 0.573 e. The molecule has 7 heteroatoms. The van der Waals surface area contributed by atoms with Crippen LogP contribution in [-0.4, -0.2) is 11.3 Å². The molecule has 1 heterocycles. The molecule has 0 unspecified atom stereocenters. The molecule has 0 fully saturated rings. The van der Waals surface area contributed by atoms with Gasteiger partial charge < -0.3 is 15.2 Å². The van der Waals surface area contributed by atoms with E-state index in [4.69, 9.17) is 10.5 Å². The van der Waals surface area contributed by atoms with Crippen molar-refractivity contribution in [1.29, 1.82) is 0 Å². The summed E-state index contributed by atoms with van der Waals surface area (Å²) >= 11 is 0. The second-order valence-electron chi connectivity index (χ2n) is 3.50. The number of benzene rings is 1. The smallest absolute Gasteiger partial charge is 0.435 e. The summed E-state index contributed by atoms with van der Waals surface area (Å²) in [6.07, 6.45) is -4.79. The minimum atomic E-state index is -4.79. The number of hydrogen-bond acceptors (Lipinski definition) is 4. The Kier molecular flexibility index (Phi) is 3.46. The van der Waals surface area contributed by atoms with E-state index in [1.807, 2.05) is 0 Å². The minimum Gasteiger partial charge on any atom is -0.435 e. The van der Waals surface area contributed by atoms with Crippen LogP contribution in [0.25, 0.3) is 0 Å². The summed E-state index contributed by atoms with van der Waals surface area (Å²) < 4.78 is 45.7. The topological polar surface area (TPSA) is 57.4 Å². The van der Waals surface area contributed by atoms with Gasteiger partial charge in [0.15, 0.2) is 11.5 Å². The van der Waals surface area contributed by atoms with Crippen LogP contribution in [0.1, 0.15) is 0 Å². The molecule has 0 spiro atoms. The van der Waals surface area contributed by atoms with Crippen LogP contribution in [0.4, 0.5) is 19.0 Å². The molecule has 0 radical (unpaired) electrons. The summed E-state index contributed by atoms with van der Waals surface area (Å²) in [6.45, 7) is 0. The van der Waals surface area contributed by atoms with Crippen LogP contribution in [0.2, 0.25) is 0 Å². The number of pyridine rings is 1. The van der Waals surface area contributed by atoms with Crippen LogP contribution < -0.4 is 15.2 Å². The van der Waals surface area contributed by atoms with E-state index in [1.54, 1.807) is 6.07 Å². The van der Waals surface area contributed by atoms with E-state index in [2.05, 4.69) is 9.72 Å². The third kappa shape index (κ3) is 3.77. The van der Waals surface area contributed by atoms with Crippen LogP contribution in [0, 0.1) is 0 Å². The van der Waals surface area contributed by atoms with Crippen molar-refractivity contribution >= 4 is 5.82 Å². The molecule has 0 saturated carbocycles. The predicted octanol–water partition coefficient (Wildman–Crippen LogP) is 3.35.